The molecule has 2 rings (SSSR count). The summed E-state index contributed by atoms with van der Waals surface area (Å²) in [4.78, 5) is 12.0. The second kappa shape index (κ2) is 11.2. The number of hydrogen-bond donors (Lipinski definition) is 0. The van der Waals surface area contributed by atoms with Gasteiger partial charge in [0.05, 0.1) is 0 Å². The standard InChI is InChI=1S/C24H34O2/c1-5-11-23(21-15-9-13-19(7-3)17-21)25-26-24(12-6-2)22-16-10-14-20(8-4)18-22/h9-10,13-18,23-24H,5-8,11-12H2,1-4H3. The molecule has 0 saturated carbocycles. The van der Waals surface area contributed by atoms with Gasteiger partial charge in [0.15, 0.2) is 0 Å². The van der Waals surface area contributed by atoms with Gasteiger partial charge in [0.25, 0.3) is 0 Å². The molecule has 0 bridgehead atoms. The van der Waals surface area contributed by atoms with Crippen LogP contribution in [-0.2, 0) is 22.6 Å². The molecule has 0 N–H and O–H groups in total. The van der Waals surface area contributed by atoms with Crippen LogP contribution in [0.2, 0.25) is 0 Å². The Balaban J connectivity index is 2.12. The normalized spacial score (nSPS) is 13.5. The van der Waals surface area contributed by atoms with E-state index in [-0.39, 0.29) is 12.2 Å². The van der Waals surface area contributed by atoms with Crippen LogP contribution in [0.3, 0.4) is 0 Å². The first-order valence-corrected chi connectivity index (χ1v) is 10.2. The van der Waals surface area contributed by atoms with Crippen molar-refractivity contribution in [1.82, 2.24) is 0 Å². The summed E-state index contributed by atoms with van der Waals surface area (Å²) in [5.74, 6) is 0. The first-order chi connectivity index (χ1) is 12.7. The Morgan fingerprint density at radius 2 is 1.08 bits per heavy atom. The monoisotopic (exact) mass is 354 g/mol. The summed E-state index contributed by atoms with van der Waals surface area (Å²) in [6.07, 6.45) is 6.09. The summed E-state index contributed by atoms with van der Waals surface area (Å²) in [6.45, 7) is 8.75. The molecule has 0 spiro atoms. The molecule has 2 aromatic carbocycles. The van der Waals surface area contributed by atoms with Crippen molar-refractivity contribution in [2.45, 2.75) is 78.4 Å². The molecule has 0 fully saturated rings. The quantitative estimate of drug-likeness (QED) is 0.315. The van der Waals surface area contributed by atoms with E-state index in [0.717, 1.165) is 38.5 Å². The molecule has 2 aromatic rings. The molecule has 0 saturated heterocycles. The fraction of sp³-hybridized carbons (Fsp3) is 0.500. The van der Waals surface area contributed by atoms with Gasteiger partial charge in [0, 0.05) is 0 Å². The van der Waals surface area contributed by atoms with Crippen LogP contribution >= 0.6 is 0 Å². The van der Waals surface area contributed by atoms with Gasteiger partial charge in [0.2, 0.25) is 0 Å². The molecule has 0 aromatic heterocycles. The van der Waals surface area contributed by atoms with Crippen LogP contribution in [0.1, 0.15) is 87.8 Å². The Kier molecular flexibility index (Phi) is 8.87. The second-order valence-corrected chi connectivity index (χ2v) is 6.94. The Morgan fingerprint density at radius 1 is 0.654 bits per heavy atom. The van der Waals surface area contributed by atoms with Crippen LogP contribution in [-0.4, -0.2) is 0 Å². The molecule has 0 radical (unpaired) electrons. The molecular formula is C24H34O2. The Morgan fingerprint density at radius 3 is 1.42 bits per heavy atom. The van der Waals surface area contributed by atoms with Gasteiger partial charge >= 0.3 is 0 Å². The summed E-state index contributed by atoms with van der Waals surface area (Å²) in [5, 5.41) is 0. The summed E-state index contributed by atoms with van der Waals surface area (Å²) >= 11 is 0. The lowest BCUT2D eigenvalue weighted by atomic mass is 10.0. The van der Waals surface area contributed by atoms with E-state index in [2.05, 4.69) is 76.2 Å². The van der Waals surface area contributed by atoms with Crippen LogP contribution < -0.4 is 0 Å². The molecule has 2 nitrogen and oxygen atoms in total. The van der Waals surface area contributed by atoms with Crippen LogP contribution in [0.25, 0.3) is 0 Å². The molecule has 2 heteroatoms. The minimum atomic E-state index is -0.0137. The summed E-state index contributed by atoms with van der Waals surface area (Å²) in [7, 11) is 0. The van der Waals surface area contributed by atoms with E-state index in [1.54, 1.807) is 0 Å². The van der Waals surface area contributed by atoms with Gasteiger partial charge in [-0.3, -0.25) is 0 Å². The fourth-order valence-electron chi connectivity index (χ4n) is 3.23. The first kappa shape index (κ1) is 20.7. The first-order valence-electron chi connectivity index (χ1n) is 10.2. The third kappa shape index (κ3) is 5.96. The van der Waals surface area contributed by atoms with Gasteiger partial charge in [-0.2, -0.15) is 0 Å². The Bertz CT molecular complexity index is 593. The molecule has 0 amide bonds. The zero-order valence-electron chi connectivity index (χ0n) is 16.8. The van der Waals surface area contributed by atoms with Crippen LogP contribution in [0.5, 0.6) is 0 Å². The highest BCUT2D eigenvalue weighted by molar-refractivity contribution is 5.26. The topological polar surface area (TPSA) is 18.5 Å². The third-order valence-corrected chi connectivity index (χ3v) is 4.85. The maximum Gasteiger partial charge on any atom is 0.118 e. The molecule has 0 aliphatic rings. The third-order valence-electron chi connectivity index (χ3n) is 4.85. The van der Waals surface area contributed by atoms with Gasteiger partial charge in [-0.25, -0.2) is 9.78 Å². The van der Waals surface area contributed by atoms with E-state index in [9.17, 15) is 0 Å². The molecule has 26 heavy (non-hydrogen) atoms. The van der Waals surface area contributed by atoms with E-state index in [1.807, 2.05) is 0 Å². The van der Waals surface area contributed by atoms with Crippen molar-refractivity contribution in [2.24, 2.45) is 0 Å². The van der Waals surface area contributed by atoms with E-state index < -0.39 is 0 Å². The average Bonchev–Trinajstić information content (AvgIpc) is 2.70. The lowest BCUT2D eigenvalue weighted by Crippen LogP contribution is -2.11. The molecule has 142 valence electrons. The summed E-state index contributed by atoms with van der Waals surface area (Å²) in [5.41, 5.74) is 5.11. The van der Waals surface area contributed by atoms with Gasteiger partial charge < -0.3 is 0 Å². The maximum absolute atomic E-state index is 6.01. The number of aryl methyl sites for hydroxylation is 2. The van der Waals surface area contributed by atoms with E-state index in [4.69, 9.17) is 9.78 Å². The van der Waals surface area contributed by atoms with Crippen LogP contribution in [0.15, 0.2) is 48.5 Å². The minimum absolute atomic E-state index is 0.0137. The summed E-state index contributed by atoms with van der Waals surface area (Å²) < 4.78 is 0. The molecule has 0 aliphatic carbocycles. The zero-order valence-corrected chi connectivity index (χ0v) is 16.8. The molecule has 2 atom stereocenters. The molecule has 0 aliphatic heterocycles. The van der Waals surface area contributed by atoms with E-state index >= 15 is 0 Å². The van der Waals surface area contributed by atoms with Crippen LogP contribution in [0.4, 0.5) is 0 Å². The number of benzene rings is 2. The molecule has 0 heterocycles. The predicted octanol–water partition coefficient (Wildman–Crippen LogP) is 7.14. The predicted molar refractivity (Wildman–Crippen MR) is 109 cm³/mol. The maximum atomic E-state index is 6.01. The highest BCUT2D eigenvalue weighted by Crippen LogP contribution is 2.30. The highest BCUT2D eigenvalue weighted by atomic mass is 17.2. The Labute approximate surface area is 159 Å². The van der Waals surface area contributed by atoms with Gasteiger partial charge in [-0.05, 0) is 47.9 Å². The average molecular weight is 355 g/mol. The number of hydrogen-bond acceptors (Lipinski definition) is 2. The highest BCUT2D eigenvalue weighted by Gasteiger charge is 2.18. The van der Waals surface area contributed by atoms with Crippen molar-refractivity contribution in [3.05, 3.63) is 70.8 Å². The van der Waals surface area contributed by atoms with Gasteiger partial charge in [-0.15, -0.1) is 0 Å². The second-order valence-electron chi connectivity index (χ2n) is 6.94. The lowest BCUT2D eigenvalue weighted by Gasteiger charge is -2.22. The smallest absolute Gasteiger partial charge is 0.118 e. The van der Waals surface area contributed by atoms with E-state index in [0.29, 0.717) is 0 Å². The summed E-state index contributed by atoms with van der Waals surface area (Å²) in [6, 6.07) is 17.4. The molecular weight excluding hydrogens is 320 g/mol. The SMILES string of the molecule is CCCC(OOC(CCC)c1cccc(CC)c1)c1cccc(CC)c1. The largest absolute Gasteiger partial charge is 0.228 e. The van der Waals surface area contributed by atoms with Crippen molar-refractivity contribution in [3.63, 3.8) is 0 Å². The van der Waals surface area contributed by atoms with Gasteiger partial charge in [0.1, 0.15) is 12.2 Å². The van der Waals surface area contributed by atoms with Crippen molar-refractivity contribution >= 4 is 0 Å². The van der Waals surface area contributed by atoms with Crippen molar-refractivity contribution in [3.8, 4) is 0 Å². The minimum Gasteiger partial charge on any atom is -0.228 e. The Hall–Kier alpha value is -1.64. The van der Waals surface area contributed by atoms with Crippen molar-refractivity contribution in [1.29, 1.82) is 0 Å². The van der Waals surface area contributed by atoms with E-state index in [1.165, 1.54) is 22.3 Å². The molecule has 2 unspecified atom stereocenters. The zero-order chi connectivity index (χ0) is 18.8. The van der Waals surface area contributed by atoms with Crippen molar-refractivity contribution < 1.29 is 9.78 Å². The van der Waals surface area contributed by atoms with Gasteiger partial charge in [-0.1, -0.05) is 89.1 Å². The lowest BCUT2D eigenvalue weighted by molar-refractivity contribution is -0.359. The fourth-order valence-corrected chi connectivity index (χ4v) is 3.23. The van der Waals surface area contributed by atoms with Crippen LogP contribution in [0, 0.1) is 0 Å². The number of rotatable bonds is 11. The van der Waals surface area contributed by atoms with Crippen molar-refractivity contribution in [2.75, 3.05) is 0 Å².